The summed E-state index contributed by atoms with van der Waals surface area (Å²) in [6.45, 7) is 0.741. The van der Waals surface area contributed by atoms with E-state index in [-0.39, 0.29) is 5.91 Å². The van der Waals surface area contributed by atoms with E-state index in [9.17, 15) is 4.79 Å². The molecule has 0 bridgehead atoms. The highest BCUT2D eigenvalue weighted by atomic mass is 16.7. The Balaban J connectivity index is 2.38. The fraction of sp³-hybridized carbons (Fsp3) is 0.833. The normalized spacial score (nSPS) is 17.9. The summed E-state index contributed by atoms with van der Waals surface area (Å²) in [6.07, 6.45) is 0.129. The van der Waals surface area contributed by atoms with Crippen LogP contribution in [0.3, 0.4) is 0 Å². The SMILES string of the molecule is COC(OC)N1CCC1=O. The lowest BCUT2D eigenvalue weighted by Gasteiger charge is -2.35. The van der Waals surface area contributed by atoms with Crippen LogP contribution >= 0.6 is 0 Å². The topological polar surface area (TPSA) is 38.8 Å². The second kappa shape index (κ2) is 2.98. The van der Waals surface area contributed by atoms with Crippen LogP contribution in [0.15, 0.2) is 0 Å². The van der Waals surface area contributed by atoms with Gasteiger partial charge in [0, 0.05) is 27.2 Å². The van der Waals surface area contributed by atoms with Gasteiger partial charge in [-0.15, -0.1) is 0 Å². The summed E-state index contributed by atoms with van der Waals surface area (Å²) in [4.78, 5) is 12.3. The van der Waals surface area contributed by atoms with E-state index in [0.717, 1.165) is 6.54 Å². The monoisotopic (exact) mass is 145 g/mol. The van der Waals surface area contributed by atoms with E-state index in [0.29, 0.717) is 6.42 Å². The molecule has 0 spiro atoms. The lowest BCUT2D eigenvalue weighted by molar-refractivity contribution is -0.215. The molecule has 0 aromatic rings. The van der Waals surface area contributed by atoms with Crippen LogP contribution in [0.1, 0.15) is 6.42 Å². The highest BCUT2D eigenvalue weighted by Crippen LogP contribution is 2.13. The Morgan fingerprint density at radius 3 is 2.20 bits per heavy atom. The third kappa shape index (κ3) is 1.12. The first kappa shape index (κ1) is 7.50. The number of amides is 1. The fourth-order valence-corrected chi connectivity index (χ4v) is 0.906. The number of nitrogens with zero attached hydrogens (tertiary/aromatic N) is 1. The zero-order chi connectivity index (χ0) is 7.56. The molecule has 0 N–H and O–H groups in total. The first-order valence-electron chi connectivity index (χ1n) is 3.14. The van der Waals surface area contributed by atoms with E-state index >= 15 is 0 Å². The third-order valence-corrected chi connectivity index (χ3v) is 1.54. The van der Waals surface area contributed by atoms with E-state index in [1.807, 2.05) is 0 Å². The summed E-state index contributed by atoms with van der Waals surface area (Å²) in [5.41, 5.74) is 0. The standard InChI is InChI=1S/C6H11NO3/c1-9-6(10-2)7-4-3-5(7)8/h6H,3-4H2,1-2H3. The highest BCUT2D eigenvalue weighted by molar-refractivity contribution is 5.81. The summed E-state index contributed by atoms with van der Waals surface area (Å²) < 4.78 is 9.71. The molecule has 0 saturated carbocycles. The van der Waals surface area contributed by atoms with Gasteiger partial charge in [-0.1, -0.05) is 0 Å². The van der Waals surface area contributed by atoms with Crippen LogP contribution in [0, 0.1) is 0 Å². The zero-order valence-corrected chi connectivity index (χ0v) is 6.16. The van der Waals surface area contributed by atoms with Gasteiger partial charge in [-0.3, -0.25) is 9.69 Å². The number of rotatable bonds is 3. The molecular formula is C6H11NO3. The van der Waals surface area contributed by atoms with Gasteiger partial charge in [-0.2, -0.15) is 0 Å². The molecule has 0 radical (unpaired) electrons. The largest absolute Gasteiger partial charge is 0.339 e. The van der Waals surface area contributed by atoms with Crippen molar-refractivity contribution in [2.24, 2.45) is 0 Å². The Labute approximate surface area is 59.7 Å². The molecule has 1 fully saturated rings. The van der Waals surface area contributed by atoms with Gasteiger partial charge in [0.05, 0.1) is 0 Å². The van der Waals surface area contributed by atoms with Crippen LogP contribution in [-0.4, -0.2) is 38.0 Å². The van der Waals surface area contributed by atoms with Gasteiger partial charge in [0.25, 0.3) is 0 Å². The van der Waals surface area contributed by atoms with Crippen LogP contribution in [0.5, 0.6) is 0 Å². The molecule has 4 nitrogen and oxygen atoms in total. The van der Waals surface area contributed by atoms with Gasteiger partial charge in [-0.25, -0.2) is 0 Å². The van der Waals surface area contributed by atoms with Gasteiger partial charge in [0.15, 0.2) is 0 Å². The summed E-state index contributed by atoms with van der Waals surface area (Å²) in [5, 5.41) is 0. The van der Waals surface area contributed by atoms with Crippen molar-refractivity contribution in [1.82, 2.24) is 4.90 Å². The predicted octanol–water partition coefficient (Wildman–Crippen LogP) is -0.205. The quantitative estimate of drug-likeness (QED) is 0.407. The van der Waals surface area contributed by atoms with Crippen LogP contribution in [-0.2, 0) is 14.3 Å². The van der Waals surface area contributed by atoms with Gasteiger partial charge in [0.2, 0.25) is 12.3 Å². The molecule has 1 rings (SSSR count). The molecule has 58 valence electrons. The molecule has 10 heavy (non-hydrogen) atoms. The number of carbonyl (C=O) groups is 1. The Kier molecular flexibility index (Phi) is 2.24. The van der Waals surface area contributed by atoms with E-state index in [4.69, 9.17) is 9.47 Å². The number of hydrogen-bond acceptors (Lipinski definition) is 3. The van der Waals surface area contributed by atoms with E-state index in [2.05, 4.69) is 0 Å². The first-order valence-corrected chi connectivity index (χ1v) is 3.14. The van der Waals surface area contributed by atoms with Crippen LogP contribution < -0.4 is 0 Å². The summed E-state index contributed by atoms with van der Waals surface area (Å²) in [5.74, 6) is 0.0914. The maximum atomic E-state index is 10.8. The Bertz CT molecular complexity index is 133. The van der Waals surface area contributed by atoms with Crippen molar-refractivity contribution < 1.29 is 14.3 Å². The molecule has 1 heterocycles. The number of likely N-dealkylation sites (tertiary alicyclic amines) is 1. The zero-order valence-electron chi connectivity index (χ0n) is 6.16. The Morgan fingerprint density at radius 2 is 2.10 bits per heavy atom. The Morgan fingerprint density at radius 1 is 1.50 bits per heavy atom. The van der Waals surface area contributed by atoms with Crippen molar-refractivity contribution >= 4 is 5.91 Å². The molecule has 4 heteroatoms. The number of carbonyl (C=O) groups excluding carboxylic acids is 1. The average Bonchev–Trinajstić information content (AvgIpc) is 1.96. The van der Waals surface area contributed by atoms with Crippen molar-refractivity contribution in [2.75, 3.05) is 20.8 Å². The fourth-order valence-electron chi connectivity index (χ4n) is 0.906. The maximum Gasteiger partial charge on any atom is 0.242 e. The van der Waals surface area contributed by atoms with E-state index in [1.165, 1.54) is 14.2 Å². The lowest BCUT2D eigenvalue weighted by Crippen LogP contribution is -2.51. The minimum absolute atomic E-state index is 0.0914. The molecule has 0 aromatic carbocycles. The van der Waals surface area contributed by atoms with E-state index < -0.39 is 6.41 Å². The average molecular weight is 145 g/mol. The van der Waals surface area contributed by atoms with Crippen molar-refractivity contribution in [1.29, 1.82) is 0 Å². The van der Waals surface area contributed by atoms with E-state index in [1.54, 1.807) is 4.90 Å². The number of methoxy groups -OCH3 is 2. The summed E-state index contributed by atoms with van der Waals surface area (Å²) in [7, 11) is 3.03. The van der Waals surface area contributed by atoms with Crippen LogP contribution in [0.2, 0.25) is 0 Å². The smallest absolute Gasteiger partial charge is 0.242 e. The number of hydrogen-bond donors (Lipinski definition) is 0. The highest BCUT2D eigenvalue weighted by Gasteiger charge is 2.30. The molecule has 0 unspecified atom stereocenters. The van der Waals surface area contributed by atoms with Crippen LogP contribution in [0.25, 0.3) is 0 Å². The summed E-state index contributed by atoms with van der Waals surface area (Å²) in [6, 6.07) is 0. The van der Waals surface area contributed by atoms with Crippen LogP contribution in [0.4, 0.5) is 0 Å². The predicted molar refractivity (Wildman–Crippen MR) is 34.1 cm³/mol. The molecule has 1 saturated heterocycles. The molecule has 1 aliphatic heterocycles. The molecular weight excluding hydrogens is 134 g/mol. The van der Waals surface area contributed by atoms with Crippen molar-refractivity contribution in [3.05, 3.63) is 0 Å². The number of ether oxygens (including phenoxy) is 2. The minimum Gasteiger partial charge on any atom is -0.339 e. The molecule has 1 amide bonds. The third-order valence-electron chi connectivity index (χ3n) is 1.54. The van der Waals surface area contributed by atoms with Crippen molar-refractivity contribution in [3.8, 4) is 0 Å². The Hall–Kier alpha value is -0.610. The second-order valence-electron chi connectivity index (χ2n) is 2.12. The molecule has 0 atom stereocenters. The van der Waals surface area contributed by atoms with Gasteiger partial charge >= 0.3 is 0 Å². The lowest BCUT2D eigenvalue weighted by atomic mass is 10.2. The molecule has 1 aliphatic rings. The van der Waals surface area contributed by atoms with Gasteiger partial charge < -0.3 is 9.47 Å². The van der Waals surface area contributed by atoms with Crippen molar-refractivity contribution in [2.45, 2.75) is 12.8 Å². The minimum atomic E-state index is -0.485. The van der Waals surface area contributed by atoms with Gasteiger partial charge in [0.1, 0.15) is 0 Å². The maximum absolute atomic E-state index is 10.8. The number of β-lactam (4-membered cyclic amide) rings is 1. The van der Waals surface area contributed by atoms with Crippen molar-refractivity contribution in [3.63, 3.8) is 0 Å². The van der Waals surface area contributed by atoms with Gasteiger partial charge in [-0.05, 0) is 0 Å². The summed E-state index contributed by atoms with van der Waals surface area (Å²) >= 11 is 0. The second-order valence-corrected chi connectivity index (χ2v) is 2.12. The molecule has 0 aromatic heterocycles. The first-order chi connectivity index (χ1) is 4.79. The molecule has 0 aliphatic carbocycles.